The van der Waals surface area contributed by atoms with Crippen LogP contribution in [-0.2, 0) is 24.2 Å². The number of nitrogen functional groups attached to an aromatic ring is 1. The Morgan fingerprint density at radius 1 is 1.15 bits per heavy atom. The lowest BCUT2D eigenvalue weighted by Gasteiger charge is -2.28. The summed E-state index contributed by atoms with van der Waals surface area (Å²) in [5.41, 5.74) is 11.0. The third-order valence-electron chi connectivity index (χ3n) is 4.75. The lowest BCUT2D eigenvalue weighted by atomic mass is 10.1. The van der Waals surface area contributed by atoms with Gasteiger partial charge in [0.05, 0.1) is 5.69 Å². The van der Waals surface area contributed by atoms with Crippen LogP contribution < -0.4 is 5.73 Å². The Morgan fingerprint density at radius 3 is 2.85 bits per heavy atom. The van der Waals surface area contributed by atoms with Gasteiger partial charge in [0, 0.05) is 37.3 Å². The van der Waals surface area contributed by atoms with E-state index in [-0.39, 0.29) is 5.91 Å². The third-order valence-corrected chi connectivity index (χ3v) is 4.75. The van der Waals surface area contributed by atoms with Crippen LogP contribution in [0.5, 0.6) is 0 Å². The zero-order valence-corrected chi connectivity index (χ0v) is 14.5. The normalized spacial score (nSPS) is 13.5. The van der Waals surface area contributed by atoms with Gasteiger partial charge in [-0.05, 0) is 35.7 Å². The highest BCUT2D eigenvalue weighted by molar-refractivity contribution is 5.76. The lowest BCUT2D eigenvalue weighted by molar-refractivity contribution is -0.132. The van der Waals surface area contributed by atoms with Gasteiger partial charge in [0.1, 0.15) is 5.82 Å². The first kappa shape index (κ1) is 16.3. The molecule has 1 aliphatic heterocycles. The second kappa shape index (κ2) is 7.00. The molecule has 6 heteroatoms. The van der Waals surface area contributed by atoms with Crippen LogP contribution in [0.3, 0.4) is 0 Å². The van der Waals surface area contributed by atoms with Crippen LogP contribution in [0.25, 0.3) is 11.3 Å². The van der Waals surface area contributed by atoms with Crippen molar-refractivity contribution >= 4 is 11.7 Å². The molecular weight excluding hydrogens is 326 g/mol. The average molecular weight is 347 g/mol. The van der Waals surface area contributed by atoms with Gasteiger partial charge in [-0.25, -0.2) is 0 Å². The van der Waals surface area contributed by atoms with Crippen LogP contribution in [0, 0.1) is 0 Å². The maximum Gasteiger partial charge on any atom is 0.223 e. The number of carbonyl (C=O) groups excluding carboxylic acids is 1. The molecule has 6 nitrogen and oxygen atoms in total. The molecule has 0 saturated heterocycles. The van der Waals surface area contributed by atoms with Crippen LogP contribution in [0.1, 0.15) is 23.4 Å². The smallest absolute Gasteiger partial charge is 0.223 e. The number of fused-ring (bicyclic) bond motifs is 1. The van der Waals surface area contributed by atoms with Gasteiger partial charge in [0.2, 0.25) is 5.91 Å². The van der Waals surface area contributed by atoms with E-state index >= 15 is 0 Å². The molecule has 1 aromatic carbocycles. The molecule has 3 heterocycles. The van der Waals surface area contributed by atoms with Crippen LogP contribution in [-0.4, -0.2) is 32.5 Å². The number of nitrogens with zero attached hydrogens (tertiary/aromatic N) is 3. The van der Waals surface area contributed by atoms with Crippen LogP contribution in [0.15, 0.2) is 48.5 Å². The highest BCUT2D eigenvalue weighted by Gasteiger charge is 2.22. The Bertz CT molecular complexity index is 919. The fourth-order valence-corrected chi connectivity index (χ4v) is 3.33. The molecule has 3 N–H and O–H groups in total. The highest BCUT2D eigenvalue weighted by Crippen LogP contribution is 2.21. The molecule has 0 saturated carbocycles. The van der Waals surface area contributed by atoms with Gasteiger partial charge in [0.25, 0.3) is 0 Å². The SMILES string of the molecule is Nc1cc2c(nn1)CCN(C(=O)CCc1ccc(-c3ccccc3)[nH]1)C2. The second-order valence-corrected chi connectivity index (χ2v) is 6.57. The fraction of sp³-hybridized carbons (Fsp3) is 0.250. The Balaban J connectivity index is 1.37. The molecule has 0 unspecified atom stereocenters. The van der Waals surface area contributed by atoms with E-state index in [4.69, 9.17) is 5.73 Å². The van der Waals surface area contributed by atoms with Crippen LogP contribution in [0.2, 0.25) is 0 Å². The third kappa shape index (κ3) is 3.44. The van der Waals surface area contributed by atoms with E-state index in [1.54, 1.807) is 0 Å². The summed E-state index contributed by atoms with van der Waals surface area (Å²) >= 11 is 0. The van der Waals surface area contributed by atoms with Crippen molar-refractivity contribution in [2.24, 2.45) is 0 Å². The Morgan fingerprint density at radius 2 is 2.00 bits per heavy atom. The van der Waals surface area contributed by atoms with E-state index < -0.39 is 0 Å². The minimum Gasteiger partial charge on any atom is -0.382 e. The van der Waals surface area contributed by atoms with Gasteiger partial charge in [-0.2, -0.15) is 5.10 Å². The van der Waals surface area contributed by atoms with Crippen molar-refractivity contribution in [2.75, 3.05) is 12.3 Å². The Kier molecular flexibility index (Phi) is 4.39. The molecule has 3 aromatic rings. The number of aromatic nitrogens is 3. The quantitative estimate of drug-likeness (QED) is 0.759. The minimum atomic E-state index is 0.155. The number of carbonyl (C=O) groups is 1. The lowest BCUT2D eigenvalue weighted by Crippen LogP contribution is -2.36. The fourth-order valence-electron chi connectivity index (χ4n) is 3.33. The summed E-state index contributed by atoms with van der Waals surface area (Å²) < 4.78 is 0. The predicted octanol–water partition coefficient (Wildman–Crippen LogP) is 2.57. The number of nitrogens with two attached hydrogens (primary N) is 1. The molecule has 0 radical (unpaired) electrons. The van der Waals surface area contributed by atoms with Crippen molar-refractivity contribution in [3.63, 3.8) is 0 Å². The number of benzene rings is 1. The topological polar surface area (TPSA) is 87.9 Å². The second-order valence-electron chi connectivity index (χ2n) is 6.57. The van der Waals surface area contributed by atoms with Gasteiger partial charge in [-0.3, -0.25) is 4.79 Å². The Labute approximate surface area is 152 Å². The summed E-state index contributed by atoms with van der Waals surface area (Å²) in [5, 5.41) is 8.01. The largest absolute Gasteiger partial charge is 0.382 e. The highest BCUT2D eigenvalue weighted by atomic mass is 16.2. The van der Waals surface area contributed by atoms with Gasteiger partial charge in [-0.1, -0.05) is 30.3 Å². The molecule has 26 heavy (non-hydrogen) atoms. The average Bonchev–Trinajstić information content (AvgIpc) is 3.15. The molecule has 0 bridgehead atoms. The number of hydrogen-bond acceptors (Lipinski definition) is 4. The van der Waals surface area contributed by atoms with E-state index in [9.17, 15) is 4.79 Å². The molecule has 0 spiro atoms. The number of amides is 1. The number of aryl methyl sites for hydroxylation is 1. The van der Waals surface area contributed by atoms with E-state index in [0.717, 1.165) is 34.6 Å². The molecule has 0 aliphatic carbocycles. The number of H-pyrrole nitrogens is 1. The minimum absolute atomic E-state index is 0.155. The summed E-state index contributed by atoms with van der Waals surface area (Å²) in [6.45, 7) is 1.25. The van der Waals surface area contributed by atoms with Crippen LogP contribution >= 0.6 is 0 Å². The van der Waals surface area contributed by atoms with Gasteiger partial charge < -0.3 is 15.6 Å². The molecule has 0 atom stereocenters. The summed E-state index contributed by atoms with van der Waals surface area (Å²) in [5.74, 6) is 0.555. The molecule has 1 aliphatic rings. The van der Waals surface area contributed by atoms with Crippen molar-refractivity contribution in [2.45, 2.75) is 25.8 Å². The maximum absolute atomic E-state index is 12.6. The number of aromatic amines is 1. The Hall–Kier alpha value is -3.15. The summed E-state index contributed by atoms with van der Waals surface area (Å²) in [6, 6.07) is 16.1. The molecule has 2 aromatic heterocycles. The van der Waals surface area contributed by atoms with Crippen molar-refractivity contribution < 1.29 is 4.79 Å². The summed E-state index contributed by atoms with van der Waals surface area (Å²) in [6.07, 6.45) is 1.92. The number of hydrogen-bond donors (Lipinski definition) is 2. The number of nitrogens with one attached hydrogen (secondary N) is 1. The van der Waals surface area contributed by atoms with E-state index in [1.807, 2.05) is 29.2 Å². The zero-order valence-electron chi connectivity index (χ0n) is 14.5. The molecule has 1 amide bonds. The number of anilines is 1. The predicted molar refractivity (Wildman–Crippen MR) is 100 cm³/mol. The van der Waals surface area contributed by atoms with Gasteiger partial charge >= 0.3 is 0 Å². The van der Waals surface area contributed by atoms with Gasteiger partial charge in [0.15, 0.2) is 0 Å². The monoisotopic (exact) mass is 347 g/mol. The van der Waals surface area contributed by atoms with E-state index in [2.05, 4.69) is 39.4 Å². The first-order valence-electron chi connectivity index (χ1n) is 8.81. The van der Waals surface area contributed by atoms with E-state index in [0.29, 0.717) is 31.7 Å². The van der Waals surface area contributed by atoms with Crippen molar-refractivity contribution in [1.82, 2.24) is 20.1 Å². The molecule has 4 rings (SSSR count). The molecule has 0 fully saturated rings. The first-order chi connectivity index (χ1) is 12.7. The van der Waals surface area contributed by atoms with E-state index in [1.165, 1.54) is 0 Å². The summed E-state index contributed by atoms with van der Waals surface area (Å²) in [7, 11) is 0. The van der Waals surface area contributed by atoms with Crippen molar-refractivity contribution in [1.29, 1.82) is 0 Å². The standard InChI is InChI=1S/C20H21N5O/c21-19-12-15-13-25(11-10-18(15)23-24-19)20(26)9-7-16-6-8-17(22-16)14-4-2-1-3-5-14/h1-6,8,12,22H,7,9-11,13H2,(H2,21,24). The van der Waals surface area contributed by atoms with Crippen LogP contribution in [0.4, 0.5) is 5.82 Å². The van der Waals surface area contributed by atoms with Crippen molar-refractivity contribution in [3.8, 4) is 11.3 Å². The first-order valence-corrected chi connectivity index (χ1v) is 8.81. The molecule has 132 valence electrons. The zero-order chi connectivity index (χ0) is 17.9. The van der Waals surface area contributed by atoms with Crippen molar-refractivity contribution in [3.05, 3.63) is 65.5 Å². The maximum atomic E-state index is 12.6. The summed E-state index contributed by atoms with van der Waals surface area (Å²) in [4.78, 5) is 17.9. The van der Waals surface area contributed by atoms with Gasteiger partial charge in [-0.15, -0.1) is 5.10 Å². The molecular formula is C20H21N5O. The number of rotatable bonds is 4.